The second-order valence-electron chi connectivity index (χ2n) is 8.25. The van der Waals surface area contributed by atoms with Crippen LogP contribution >= 0.6 is 11.3 Å². The molecule has 3 aromatic heterocycles. The van der Waals surface area contributed by atoms with E-state index in [-0.39, 0.29) is 18.0 Å². The quantitative estimate of drug-likeness (QED) is 0.363. The molecule has 1 amide bonds. The first-order valence-corrected chi connectivity index (χ1v) is 12.0. The second-order valence-corrected chi connectivity index (χ2v) is 9.25. The number of benzene rings is 2. The van der Waals surface area contributed by atoms with Gasteiger partial charge in [0.1, 0.15) is 11.4 Å². The lowest BCUT2D eigenvalue weighted by Crippen LogP contribution is -2.27. The minimum Gasteiger partial charge on any atom is -0.333 e. The molecule has 0 fully saturated rings. The van der Waals surface area contributed by atoms with Crippen molar-refractivity contribution in [1.29, 1.82) is 0 Å². The van der Waals surface area contributed by atoms with Crippen LogP contribution in [0.2, 0.25) is 0 Å². The first kappa shape index (κ1) is 22.7. The lowest BCUT2D eigenvalue weighted by atomic mass is 10.1. The molecule has 0 aliphatic rings. The van der Waals surface area contributed by atoms with E-state index in [0.29, 0.717) is 38.1 Å². The van der Waals surface area contributed by atoms with E-state index < -0.39 is 0 Å². The summed E-state index contributed by atoms with van der Waals surface area (Å²) in [7, 11) is 0. The molecular formula is C26H23N5O3S. The average Bonchev–Trinajstić information content (AvgIpc) is 3.47. The number of nitrogens with zero attached hydrogens (tertiary/aromatic N) is 4. The van der Waals surface area contributed by atoms with Crippen molar-refractivity contribution >= 4 is 33.1 Å². The number of hydrogen-bond donors (Lipinski definition) is 1. The summed E-state index contributed by atoms with van der Waals surface area (Å²) in [6.45, 7) is 5.75. The number of thiophene rings is 1. The van der Waals surface area contributed by atoms with Crippen LogP contribution in [-0.4, -0.2) is 25.6 Å². The number of hydrogen-bond acceptors (Lipinski definition) is 7. The van der Waals surface area contributed by atoms with E-state index in [1.165, 1.54) is 27.8 Å². The molecule has 176 valence electrons. The molecule has 5 rings (SSSR count). The van der Waals surface area contributed by atoms with Crippen LogP contribution in [0.5, 0.6) is 0 Å². The molecule has 8 nitrogen and oxygen atoms in total. The molecule has 3 heterocycles. The Morgan fingerprint density at radius 1 is 1.11 bits per heavy atom. The van der Waals surface area contributed by atoms with Gasteiger partial charge in [0, 0.05) is 11.3 Å². The van der Waals surface area contributed by atoms with Crippen LogP contribution in [0.25, 0.3) is 32.4 Å². The maximum atomic E-state index is 13.2. The summed E-state index contributed by atoms with van der Waals surface area (Å²) in [5.74, 6) is 0.525. The van der Waals surface area contributed by atoms with Crippen LogP contribution in [0, 0.1) is 13.8 Å². The zero-order valence-electron chi connectivity index (χ0n) is 19.5. The molecule has 0 aliphatic heterocycles. The van der Waals surface area contributed by atoms with Crippen LogP contribution in [0.4, 0.5) is 5.69 Å². The van der Waals surface area contributed by atoms with E-state index >= 15 is 0 Å². The zero-order chi connectivity index (χ0) is 24.5. The predicted octanol–water partition coefficient (Wildman–Crippen LogP) is 4.99. The van der Waals surface area contributed by atoms with Gasteiger partial charge in [0.15, 0.2) is 0 Å². The number of amides is 1. The highest BCUT2D eigenvalue weighted by Gasteiger charge is 2.21. The Kier molecular flexibility index (Phi) is 6.00. The first-order valence-electron chi connectivity index (χ1n) is 11.2. The lowest BCUT2D eigenvalue weighted by molar-refractivity contribution is -0.116. The Morgan fingerprint density at radius 3 is 2.63 bits per heavy atom. The van der Waals surface area contributed by atoms with Gasteiger partial charge in [-0.25, -0.2) is 4.98 Å². The third-order valence-corrected chi connectivity index (χ3v) is 7.07. The van der Waals surface area contributed by atoms with E-state index in [1.54, 1.807) is 0 Å². The Bertz CT molecular complexity index is 1600. The maximum Gasteiger partial charge on any atom is 0.268 e. The number of aryl methyl sites for hydroxylation is 3. The molecule has 0 saturated heterocycles. The molecule has 0 radical (unpaired) electrons. The number of rotatable bonds is 6. The topological polar surface area (TPSA) is 103 Å². The molecule has 0 bridgehead atoms. The lowest BCUT2D eigenvalue weighted by Gasteiger charge is -2.08. The Balaban J connectivity index is 1.42. The smallest absolute Gasteiger partial charge is 0.268 e. The molecule has 35 heavy (non-hydrogen) atoms. The van der Waals surface area contributed by atoms with Crippen molar-refractivity contribution < 1.29 is 9.32 Å². The van der Waals surface area contributed by atoms with E-state index in [9.17, 15) is 9.59 Å². The summed E-state index contributed by atoms with van der Waals surface area (Å²) in [6, 6.07) is 15.4. The van der Waals surface area contributed by atoms with Gasteiger partial charge >= 0.3 is 0 Å². The van der Waals surface area contributed by atoms with Gasteiger partial charge in [-0.15, -0.1) is 11.3 Å². The van der Waals surface area contributed by atoms with Gasteiger partial charge in [-0.05, 0) is 49.1 Å². The monoisotopic (exact) mass is 485 g/mol. The highest BCUT2D eigenvalue weighted by atomic mass is 32.1. The molecule has 0 spiro atoms. The summed E-state index contributed by atoms with van der Waals surface area (Å²) in [5.41, 5.74) is 4.21. The van der Waals surface area contributed by atoms with Crippen molar-refractivity contribution in [3.05, 3.63) is 81.9 Å². The molecule has 2 aromatic carbocycles. The summed E-state index contributed by atoms with van der Waals surface area (Å²) in [6.07, 6.45) is 2.32. The molecular weight excluding hydrogens is 462 g/mol. The van der Waals surface area contributed by atoms with Gasteiger partial charge in [-0.3, -0.25) is 14.2 Å². The normalized spacial score (nSPS) is 11.2. The first-order chi connectivity index (χ1) is 16.9. The molecule has 0 aliphatic carbocycles. The molecule has 0 atom stereocenters. The molecule has 9 heteroatoms. The standard InChI is InChI=1S/C26H23N5O3S/c1-4-17-9-11-18(12-10-17)28-20(32)13-31-14-27-25-21(26(31)33)16(3)22(35-25)24-29-23(30-34-24)19-8-6-5-7-15(19)2/h5-12,14H,4,13H2,1-3H3,(H,28,32). The molecule has 1 N–H and O–H groups in total. The number of anilines is 1. The molecule has 5 aromatic rings. The van der Waals surface area contributed by atoms with Crippen molar-refractivity contribution in [3.63, 3.8) is 0 Å². The summed E-state index contributed by atoms with van der Waals surface area (Å²) in [4.78, 5) is 36.0. The summed E-state index contributed by atoms with van der Waals surface area (Å²) in [5, 5.41) is 7.40. The minimum atomic E-state index is -0.301. The van der Waals surface area contributed by atoms with Crippen molar-refractivity contribution in [2.75, 3.05) is 5.32 Å². The van der Waals surface area contributed by atoms with E-state index in [2.05, 4.69) is 27.4 Å². The van der Waals surface area contributed by atoms with Crippen LogP contribution in [0.3, 0.4) is 0 Å². The van der Waals surface area contributed by atoms with Crippen molar-refractivity contribution in [2.24, 2.45) is 0 Å². The third kappa shape index (κ3) is 4.38. The molecule has 0 saturated carbocycles. The Labute approximate surface area is 205 Å². The summed E-state index contributed by atoms with van der Waals surface area (Å²) >= 11 is 1.32. The predicted molar refractivity (Wildman–Crippen MR) is 137 cm³/mol. The fourth-order valence-corrected chi connectivity index (χ4v) is 4.96. The van der Waals surface area contributed by atoms with Crippen molar-refractivity contribution in [2.45, 2.75) is 33.7 Å². The largest absolute Gasteiger partial charge is 0.333 e. The van der Waals surface area contributed by atoms with E-state index in [4.69, 9.17) is 4.52 Å². The van der Waals surface area contributed by atoms with Crippen molar-refractivity contribution in [1.82, 2.24) is 19.7 Å². The van der Waals surface area contributed by atoms with Gasteiger partial charge in [0.2, 0.25) is 11.7 Å². The number of carbonyl (C=O) groups excluding carboxylic acids is 1. The highest BCUT2D eigenvalue weighted by Crippen LogP contribution is 2.35. The number of carbonyl (C=O) groups is 1. The van der Waals surface area contributed by atoms with Gasteiger partial charge in [-0.1, -0.05) is 48.5 Å². The second kappa shape index (κ2) is 9.27. The van der Waals surface area contributed by atoms with Crippen LogP contribution < -0.4 is 10.9 Å². The third-order valence-electron chi connectivity index (χ3n) is 5.88. The maximum absolute atomic E-state index is 13.2. The van der Waals surface area contributed by atoms with Crippen molar-refractivity contribution in [3.8, 4) is 22.2 Å². The van der Waals surface area contributed by atoms with Gasteiger partial charge in [0.25, 0.3) is 11.4 Å². The van der Waals surface area contributed by atoms with Gasteiger partial charge < -0.3 is 9.84 Å². The Morgan fingerprint density at radius 2 is 1.89 bits per heavy atom. The number of aromatic nitrogens is 4. The number of fused-ring (bicyclic) bond motifs is 1. The fourth-order valence-electron chi connectivity index (χ4n) is 3.90. The van der Waals surface area contributed by atoms with Crippen LogP contribution in [-0.2, 0) is 17.8 Å². The fraction of sp³-hybridized carbons (Fsp3) is 0.192. The zero-order valence-corrected chi connectivity index (χ0v) is 20.3. The van der Waals surface area contributed by atoms with Crippen LogP contribution in [0.15, 0.2) is 64.2 Å². The van der Waals surface area contributed by atoms with Crippen LogP contribution in [0.1, 0.15) is 23.6 Å². The van der Waals surface area contributed by atoms with Gasteiger partial charge in [0.05, 0.1) is 16.6 Å². The van der Waals surface area contributed by atoms with Gasteiger partial charge in [-0.2, -0.15) is 4.98 Å². The summed E-state index contributed by atoms with van der Waals surface area (Å²) < 4.78 is 6.85. The Hall–Kier alpha value is -4.11. The minimum absolute atomic E-state index is 0.139. The highest BCUT2D eigenvalue weighted by molar-refractivity contribution is 7.22. The average molecular weight is 486 g/mol. The molecule has 0 unspecified atom stereocenters. The van der Waals surface area contributed by atoms with E-state index in [1.807, 2.05) is 62.4 Å². The van der Waals surface area contributed by atoms with E-state index in [0.717, 1.165) is 17.5 Å². The number of nitrogens with one attached hydrogen (secondary N) is 1. The SMILES string of the molecule is CCc1ccc(NC(=O)Cn2cnc3sc(-c4nc(-c5ccccc5C)no4)c(C)c3c2=O)cc1.